The molecular weight excluding hydrogens is 1060 g/mol. The van der Waals surface area contributed by atoms with Crippen LogP contribution in [0.3, 0.4) is 0 Å². The standard InChI is InChI=1S/C58H88F5NO16/c1-35-15-11-10-12-16-36(2)47(77-27-25-75-26-28-78-58(62,63)57(59,60)61)33-43-20-18-41(7)56(72,80-43)53(69)54(70)64-22-14-13-17-44(64)55(71)79-48(38(4)31-42-19-21-46(76-24-23-65)49(32-42)73-8)34-45(66)37(3)30-40(6)51(68)52(74-9)50(67)39(5)29-35/h10-12,15-16,30,35,37-39,41-44,46-49,51-52,65,68,72H,13-14,17-29,31-34H2,1-9H3/b12-10+,15-11+,36-16+,40-30+/t35-,37-,38-,39-,41-,42+,43+,44+,46-,47-,48+,49-,51-,52+,56-/m1/s1. The Bertz CT molecular complexity index is 2140. The average Bonchev–Trinajstić information content (AvgIpc) is 3.43. The van der Waals surface area contributed by atoms with Gasteiger partial charge in [0.15, 0.2) is 5.78 Å². The molecule has 22 heteroatoms. The highest BCUT2D eigenvalue weighted by Gasteiger charge is 2.59. The highest BCUT2D eigenvalue weighted by Crippen LogP contribution is 2.39. The summed E-state index contributed by atoms with van der Waals surface area (Å²) in [5, 5.41) is 33.1. The van der Waals surface area contributed by atoms with E-state index in [0.29, 0.717) is 56.1 Å². The molecule has 3 heterocycles. The Balaban J connectivity index is 1.68. The highest BCUT2D eigenvalue weighted by molar-refractivity contribution is 6.39. The number of ether oxygens (including phenoxy) is 8. The summed E-state index contributed by atoms with van der Waals surface area (Å²) >= 11 is 0. The third-order valence-corrected chi connectivity index (χ3v) is 16.0. The Kier molecular flexibility index (Phi) is 27.7. The number of cyclic esters (lactones) is 1. The molecule has 0 radical (unpaired) electrons. The van der Waals surface area contributed by atoms with Gasteiger partial charge >= 0.3 is 18.3 Å². The fourth-order valence-corrected chi connectivity index (χ4v) is 11.1. The lowest BCUT2D eigenvalue weighted by Gasteiger charge is -2.43. The van der Waals surface area contributed by atoms with Crippen molar-refractivity contribution in [2.45, 2.75) is 192 Å². The zero-order valence-electron chi connectivity index (χ0n) is 48.0. The number of amides is 1. The SMILES string of the molecule is CO[C@@H]1C[C@H](C[C@@H](C)[C@@H]2CC(=O)[C@H](C)/C=C(\C)[C@@H](O)[C@@H](OC)C(=O)[C@H](C)C[C@H](C)/C=C/C=C/C=C(\C)[C@H](OCCOCCOC(F)(F)C(F)(F)F)C[C@@H]3CC[C@@H](C)[C@@](O)(O3)C(=O)C(=O)N3CCCC[C@H]3C(=O)O2)CC[C@H]1OCCO. The van der Waals surface area contributed by atoms with Crippen molar-refractivity contribution in [1.82, 2.24) is 4.90 Å². The molecule has 2 saturated heterocycles. The molecule has 4 aliphatic rings. The zero-order chi connectivity index (χ0) is 59.5. The Morgan fingerprint density at radius 2 is 1.52 bits per heavy atom. The van der Waals surface area contributed by atoms with Gasteiger partial charge in [0.2, 0.25) is 5.79 Å². The number of allylic oxidation sites excluding steroid dienone is 6. The van der Waals surface area contributed by atoms with Gasteiger partial charge in [-0.05, 0) is 107 Å². The van der Waals surface area contributed by atoms with Crippen molar-refractivity contribution in [1.29, 1.82) is 0 Å². The highest BCUT2D eigenvalue weighted by atomic mass is 19.4. The number of halogens is 5. The topological polar surface area (TPSA) is 223 Å². The number of piperidine rings is 1. The van der Waals surface area contributed by atoms with Crippen molar-refractivity contribution in [3.63, 3.8) is 0 Å². The van der Waals surface area contributed by atoms with Crippen LogP contribution in [0, 0.1) is 35.5 Å². The van der Waals surface area contributed by atoms with Crippen LogP contribution in [0.2, 0.25) is 0 Å². The molecule has 3 N–H and O–H groups in total. The molecule has 3 aliphatic heterocycles. The van der Waals surface area contributed by atoms with E-state index in [1.54, 1.807) is 72.1 Å². The maximum absolute atomic E-state index is 14.6. The quantitative estimate of drug-likeness (QED) is 0.0442. The molecule has 0 aromatic rings. The molecule has 2 bridgehead atoms. The predicted molar refractivity (Wildman–Crippen MR) is 283 cm³/mol. The van der Waals surface area contributed by atoms with Crippen LogP contribution in [-0.2, 0) is 61.9 Å². The van der Waals surface area contributed by atoms with Crippen molar-refractivity contribution < 1.29 is 99.1 Å². The van der Waals surface area contributed by atoms with Gasteiger partial charge < -0.3 is 58.1 Å². The summed E-state index contributed by atoms with van der Waals surface area (Å²) in [4.78, 5) is 72.7. The van der Waals surface area contributed by atoms with Crippen LogP contribution >= 0.6 is 0 Å². The molecule has 1 amide bonds. The van der Waals surface area contributed by atoms with Gasteiger partial charge in [0.05, 0.1) is 64.1 Å². The molecule has 80 heavy (non-hydrogen) atoms. The van der Waals surface area contributed by atoms with Crippen LogP contribution < -0.4 is 0 Å². The third-order valence-electron chi connectivity index (χ3n) is 16.0. The van der Waals surface area contributed by atoms with Gasteiger partial charge in [-0.1, -0.05) is 71.1 Å². The minimum absolute atomic E-state index is 0.0228. The molecule has 17 nitrogen and oxygen atoms in total. The molecule has 1 saturated carbocycles. The van der Waals surface area contributed by atoms with Crippen molar-refractivity contribution in [2.75, 3.05) is 60.4 Å². The van der Waals surface area contributed by atoms with Gasteiger partial charge in [0.25, 0.3) is 11.7 Å². The zero-order valence-corrected chi connectivity index (χ0v) is 48.0. The van der Waals surface area contributed by atoms with E-state index >= 15 is 0 Å². The van der Waals surface area contributed by atoms with Crippen LogP contribution in [0.25, 0.3) is 0 Å². The summed E-state index contributed by atoms with van der Waals surface area (Å²) in [5.74, 6) is -9.27. The first kappa shape index (κ1) is 68.7. The summed E-state index contributed by atoms with van der Waals surface area (Å²) in [5.41, 5.74) is 0.944. The minimum atomic E-state index is -5.90. The first-order valence-electron chi connectivity index (χ1n) is 28.2. The maximum atomic E-state index is 14.6. The second-order valence-electron chi connectivity index (χ2n) is 22.3. The largest absolute Gasteiger partial charge is 0.482 e. The minimum Gasteiger partial charge on any atom is -0.460 e. The number of esters is 1. The summed E-state index contributed by atoms with van der Waals surface area (Å²) in [7, 11) is 2.92. The van der Waals surface area contributed by atoms with E-state index in [1.807, 2.05) is 19.9 Å². The average molecular weight is 1150 g/mol. The Morgan fingerprint density at radius 3 is 2.20 bits per heavy atom. The van der Waals surface area contributed by atoms with E-state index in [0.717, 1.165) is 11.3 Å². The fourth-order valence-electron chi connectivity index (χ4n) is 11.1. The number of alkyl halides is 5. The summed E-state index contributed by atoms with van der Waals surface area (Å²) in [6, 6.07) is -1.26. The van der Waals surface area contributed by atoms with Crippen LogP contribution in [0.4, 0.5) is 22.0 Å². The van der Waals surface area contributed by atoms with E-state index in [2.05, 4.69) is 4.74 Å². The van der Waals surface area contributed by atoms with E-state index < -0.39 is 109 Å². The number of hydrogen-bond donors (Lipinski definition) is 3. The number of carbonyl (C=O) groups is 5. The van der Waals surface area contributed by atoms with E-state index in [-0.39, 0.29) is 94.3 Å². The molecular formula is C58H88F5NO16. The lowest BCUT2D eigenvalue weighted by Crippen LogP contribution is -2.61. The van der Waals surface area contributed by atoms with Gasteiger partial charge in [0, 0.05) is 51.4 Å². The number of nitrogens with zero attached hydrogens (tertiary/aromatic N) is 1. The summed E-state index contributed by atoms with van der Waals surface area (Å²) in [6.07, 6.45) is -2.37. The molecule has 456 valence electrons. The van der Waals surface area contributed by atoms with E-state index in [1.165, 1.54) is 7.11 Å². The number of fused-ring (bicyclic) bond motifs is 3. The van der Waals surface area contributed by atoms with Crippen LogP contribution in [0.5, 0.6) is 0 Å². The van der Waals surface area contributed by atoms with Gasteiger partial charge in [-0.25, -0.2) is 4.79 Å². The Labute approximate surface area is 467 Å². The number of aliphatic hydroxyl groups is 3. The lowest BCUT2D eigenvalue weighted by molar-refractivity contribution is -0.392. The second-order valence-corrected chi connectivity index (χ2v) is 22.3. The number of methoxy groups -OCH3 is 2. The van der Waals surface area contributed by atoms with Crippen LogP contribution in [0.1, 0.15) is 126 Å². The fraction of sp³-hybridized carbons (Fsp3) is 0.776. The van der Waals surface area contributed by atoms with Crippen LogP contribution in [-0.4, -0.2) is 177 Å². The van der Waals surface area contributed by atoms with Gasteiger partial charge in [-0.3, -0.25) is 19.2 Å². The van der Waals surface area contributed by atoms with E-state index in [9.17, 15) is 61.2 Å². The Hall–Kier alpha value is -3.84. The number of hydrogen-bond acceptors (Lipinski definition) is 16. The molecule has 4 rings (SSSR count). The normalized spacial score (nSPS) is 35.5. The predicted octanol–water partition coefficient (Wildman–Crippen LogP) is 7.76. The molecule has 0 aromatic heterocycles. The molecule has 3 fully saturated rings. The Morgan fingerprint density at radius 1 is 0.812 bits per heavy atom. The summed E-state index contributed by atoms with van der Waals surface area (Å²) in [6.45, 7) is 10.0. The van der Waals surface area contributed by atoms with Crippen molar-refractivity contribution >= 4 is 29.2 Å². The molecule has 0 unspecified atom stereocenters. The molecule has 1 aliphatic carbocycles. The first-order chi connectivity index (χ1) is 37.7. The smallest absolute Gasteiger partial charge is 0.460 e. The third kappa shape index (κ3) is 19.6. The molecule has 0 spiro atoms. The van der Waals surface area contributed by atoms with Gasteiger partial charge in [0.1, 0.15) is 30.1 Å². The van der Waals surface area contributed by atoms with Crippen molar-refractivity contribution in [3.05, 3.63) is 47.6 Å². The number of rotatable bonds is 16. The van der Waals surface area contributed by atoms with Crippen molar-refractivity contribution in [3.8, 4) is 0 Å². The first-order valence-corrected chi connectivity index (χ1v) is 28.2. The maximum Gasteiger partial charge on any atom is 0.482 e. The number of carbonyl (C=O) groups excluding carboxylic acids is 5. The second kappa shape index (κ2) is 32.3. The van der Waals surface area contributed by atoms with Gasteiger partial charge in [-0.15, -0.1) is 0 Å². The van der Waals surface area contributed by atoms with Crippen LogP contribution in [0.15, 0.2) is 47.6 Å². The van der Waals surface area contributed by atoms with Crippen molar-refractivity contribution in [2.24, 2.45) is 35.5 Å². The van der Waals surface area contributed by atoms with E-state index in [4.69, 9.17) is 33.2 Å². The number of aliphatic hydroxyl groups excluding tert-OH is 2. The number of Topliss-reactive ketones (excluding diaryl/α,β-unsaturated/α-hetero) is 3. The molecule has 0 aromatic carbocycles. The summed E-state index contributed by atoms with van der Waals surface area (Å²) < 4.78 is 109. The molecule has 15 atom stereocenters. The van der Waals surface area contributed by atoms with Gasteiger partial charge in [-0.2, -0.15) is 22.0 Å². The monoisotopic (exact) mass is 1150 g/mol. The lowest BCUT2D eigenvalue weighted by atomic mass is 9.78. The number of ketones is 3.